The first-order valence-electron chi connectivity index (χ1n) is 7.87. The quantitative estimate of drug-likeness (QED) is 0.536. The molecule has 0 aliphatic heterocycles. The highest BCUT2D eigenvalue weighted by Gasteiger charge is 2.09. The molecule has 0 saturated heterocycles. The van der Waals surface area contributed by atoms with Crippen molar-refractivity contribution in [3.05, 3.63) is 85.1 Å². The molecule has 1 aromatic heterocycles. The van der Waals surface area contributed by atoms with Gasteiger partial charge in [-0.15, -0.1) is 0 Å². The van der Waals surface area contributed by atoms with Crippen molar-refractivity contribution in [2.45, 2.75) is 0 Å². The normalized spacial score (nSPS) is 10.6. The highest BCUT2D eigenvalue weighted by molar-refractivity contribution is 5.63. The van der Waals surface area contributed by atoms with E-state index in [0.717, 1.165) is 16.8 Å². The van der Waals surface area contributed by atoms with Crippen LogP contribution in [0, 0.1) is 0 Å². The van der Waals surface area contributed by atoms with E-state index in [1.54, 1.807) is 30.5 Å². The van der Waals surface area contributed by atoms with Crippen LogP contribution in [0.3, 0.4) is 0 Å². The summed E-state index contributed by atoms with van der Waals surface area (Å²) in [4.78, 5) is 4.53. The molecule has 0 atom stereocenters. The Morgan fingerprint density at radius 2 is 1.48 bits per heavy atom. The first-order valence-corrected chi connectivity index (χ1v) is 7.87. The number of nitrogens with zero attached hydrogens (tertiary/aromatic N) is 1. The number of hydrogen-bond donors (Lipinski definition) is 1. The third kappa shape index (κ3) is 3.23. The Hall–Kier alpha value is -3.53. The predicted octanol–water partition coefficient (Wildman–Crippen LogP) is 5.51. The van der Waals surface area contributed by atoms with Crippen molar-refractivity contribution in [2.24, 2.45) is 0 Å². The largest absolute Gasteiger partial charge is 0.504 e. The van der Waals surface area contributed by atoms with E-state index in [4.69, 9.17) is 9.15 Å². The van der Waals surface area contributed by atoms with E-state index in [2.05, 4.69) is 4.98 Å². The molecule has 0 spiro atoms. The molecule has 4 heteroatoms. The van der Waals surface area contributed by atoms with Gasteiger partial charge in [0.25, 0.3) is 0 Å². The van der Waals surface area contributed by atoms with Crippen molar-refractivity contribution < 1.29 is 14.3 Å². The van der Waals surface area contributed by atoms with Gasteiger partial charge in [-0.3, -0.25) is 0 Å². The summed E-state index contributed by atoms with van der Waals surface area (Å²) in [5.41, 5.74) is 2.66. The highest BCUT2D eigenvalue weighted by atomic mass is 16.5. The first-order chi connectivity index (χ1) is 12.3. The molecule has 4 nitrogen and oxygen atoms in total. The molecule has 1 heterocycles. The van der Waals surface area contributed by atoms with Crippen LogP contribution in [0.1, 0.15) is 0 Å². The molecular formula is C21H15NO3. The monoisotopic (exact) mass is 329 g/mol. The van der Waals surface area contributed by atoms with Crippen molar-refractivity contribution in [1.82, 2.24) is 4.98 Å². The molecular weight excluding hydrogens is 314 g/mol. The minimum absolute atomic E-state index is 0.104. The molecule has 122 valence electrons. The van der Waals surface area contributed by atoms with Crippen molar-refractivity contribution in [2.75, 3.05) is 0 Å². The van der Waals surface area contributed by atoms with E-state index in [0.29, 0.717) is 17.4 Å². The van der Waals surface area contributed by atoms with Gasteiger partial charge in [0.15, 0.2) is 11.5 Å². The molecule has 3 aromatic carbocycles. The lowest BCUT2D eigenvalue weighted by molar-refractivity contribution is 0.411. The third-order valence-electron chi connectivity index (χ3n) is 3.77. The summed E-state index contributed by atoms with van der Waals surface area (Å²) >= 11 is 0. The van der Waals surface area contributed by atoms with E-state index in [1.165, 1.54) is 0 Å². The van der Waals surface area contributed by atoms with Gasteiger partial charge < -0.3 is 14.3 Å². The lowest BCUT2D eigenvalue weighted by Crippen LogP contribution is -1.85. The van der Waals surface area contributed by atoms with Crippen molar-refractivity contribution in [1.29, 1.82) is 0 Å². The summed E-state index contributed by atoms with van der Waals surface area (Å²) in [6, 6.07) is 24.1. The lowest BCUT2D eigenvalue weighted by atomic mass is 10.2. The number of para-hydroxylation sites is 2. The van der Waals surface area contributed by atoms with Gasteiger partial charge in [-0.2, -0.15) is 0 Å². The number of hydrogen-bond acceptors (Lipinski definition) is 4. The average Bonchev–Trinajstić information content (AvgIpc) is 3.15. The minimum atomic E-state index is 0.104. The van der Waals surface area contributed by atoms with Crippen LogP contribution >= 0.6 is 0 Å². The lowest BCUT2D eigenvalue weighted by Gasteiger charge is -2.07. The van der Waals surface area contributed by atoms with Gasteiger partial charge in [0.1, 0.15) is 17.7 Å². The zero-order valence-electron chi connectivity index (χ0n) is 13.3. The molecule has 0 saturated carbocycles. The number of phenolic OH excluding ortho intramolecular Hbond substituents is 1. The van der Waals surface area contributed by atoms with Crippen molar-refractivity contribution in [3.8, 4) is 40.0 Å². The molecule has 0 fully saturated rings. The van der Waals surface area contributed by atoms with Crippen LogP contribution in [0.5, 0.6) is 17.2 Å². The SMILES string of the molecule is Oc1ccccc1Oc1ccc(-c2nc(-c3ccccc3)co2)cc1. The van der Waals surface area contributed by atoms with E-state index in [-0.39, 0.29) is 5.75 Å². The van der Waals surface area contributed by atoms with Crippen LogP contribution in [-0.4, -0.2) is 10.1 Å². The van der Waals surface area contributed by atoms with Gasteiger partial charge in [0.2, 0.25) is 5.89 Å². The minimum Gasteiger partial charge on any atom is -0.504 e. The van der Waals surface area contributed by atoms with E-state index in [9.17, 15) is 5.11 Å². The molecule has 1 N–H and O–H groups in total. The highest BCUT2D eigenvalue weighted by Crippen LogP contribution is 2.31. The molecule has 4 rings (SSSR count). The number of benzene rings is 3. The smallest absolute Gasteiger partial charge is 0.226 e. The Bertz CT molecular complexity index is 975. The molecule has 0 aliphatic carbocycles. The molecule has 0 bridgehead atoms. The van der Waals surface area contributed by atoms with Crippen LogP contribution in [0.4, 0.5) is 0 Å². The number of phenols is 1. The third-order valence-corrected chi connectivity index (χ3v) is 3.77. The van der Waals surface area contributed by atoms with Gasteiger partial charge in [0, 0.05) is 11.1 Å². The van der Waals surface area contributed by atoms with Crippen LogP contribution < -0.4 is 4.74 Å². The van der Waals surface area contributed by atoms with Crippen LogP contribution in [0.15, 0.2) is 89.5 Å². The maximum Gasteiger partial charge on any atom is 0.226 e. The zero-order chi connectivity index (χ0) is 17.1. The van der Waals surface area contributed by atoms with Gasteiger partial charge in [-0.25, -0.2) is 4.98 Å². The summed E-state index contributed by atoms with van der Waals surface area (Å²) in [6.07, 6.45) is 1.65. The second-order valence-corrected chi connectivity index (χ2v) is 5.50. The second kappa shape index (κ2) is 6.53. The Balaban J connectivity index is 1.55. The van der Waals surface area contributed by atoms with Gasteiger partial charge >= 0.3 is 0 Å². The Kier molecular flexibility index (Phi) is 3.92. The fourth-order valence-corrected chi connectivity index (χ4v) is 2.48. The number of aromatic nitrogens is 1. The number of aromatic hydroxyl groups is 1. The summed E-state index contributed by atoms with van der Waals surface area (Å²) in [5.74, 6) is 1.69. The van der Waals surface area contributed by atoms with Crippen LogP contribution in [-0.2, 0) is 0 Å². The molecule has 0 aliphatic rings. The summed E-state index contributed by atoms with van der Waals surface area (Å²) in [6.45, 7) is 0. The van der Waals surface area contributed by atoms with Crippen molar-refractivity contribution >= 4 is 0 Å². The molecule has 0 unspecified atom stereocenters. The van der Waals surface area contributed by atoms with Crippen LogP contribution in [0.2, 0.25) is 0 Å². The standard InChI is InChI=1S/C21H15NO3/c23-19-8-4-5-9-20(19)25-17-12-10-16(11-13-17)21-22-18(14-24-21)15-6-2-1-3-7-15/h1-14,23H. The summed E-state index contributed by atoms with van der Waals surface area (Å²) in [7, 11) is 0. The van der Waals surface area contributed by atoms with E-state index >= 15 is 0 Å². The van der Waals surface area contributed by atoms with Gasteiger partial charge in [-0.05, 0) is 36.4 Å². The van der Waals surface area contributed by atoms with Crippen LogP contribution in [0.25, 0.3) is 22.7 Å². The zero-order valence-corrected chi connectivity index (χ0v) is 13.3. The number of rotatable bonds is 4. The molecule has 0 radical (unpaired) electrons. The molecule has 25 heavy (non-hydrogen) atoms. The Morgan fingerprint density at radius 3 is 2.24 bits per heavy atom. The topological polar surface area (TPSA) is 55.5 Å². The van der Waals surface area contributed by atoms with E-state index < -0.39 is 0 Å². The average molecular weight is 329 g/mol. The predicted molar refractivity (Wildman–Crippen MR) is 95.6 cm³/mol. The summed E-state index contributed by atoms with van der Waals surface area (Å²) in [5, 5.41) is 9.77. The number of oxazole rings is 1. The number of ether oxygens (including phenoxy) is 1. The fourth-order valence-electron chi connectivity index (χ4n) is 2.48. The Labute approximate surface area is 145 Å². The Morgan fingerprint density at radius 1 is 0.760 bits per heavy atom. The van der Waals surface area contributed by atoms with Gasteiger partial charge in [0.05, 0.1) is 0 Å². The summed E-state index contributed by atoms with van der Waals surface area (Å²) < 4.78 is 11.3. The second-order valence-electron chi connectivity index (χ2n) is 5.50. The maximum absolute atomic E-state index is 9.77. The van der Waals surface area contributed by atoms with Gasteiger partial charge in [-0.1, -0.05) is 42.5 Å². The first kappa shape index (κ1) is 15.0. The van der Waals surface area contributed by atoms with Crippen molar-refractivity contribution in [3.63, 3.8) is 0 Å². The maximum atomic E-state index is 9.77. The fraction of sp³-hybridized carbons (Fsp3) is 0. The van der Waals surface area contributed by atoms with E-state index in [1.807, 2.05) is 54.6 Å². The molecule has 0 amide bonds. The molecule has 4 aromatic rings.